The first kappa shape index (κ1) is 19.6. The Morgan fingerprint density at radius 3 is 2.38 bits per heavy atom. The molecule has 1 aliphatic rings. The van der Waals surface area contributed by atoms with Gasteiger partial charge in [-0.05, 0) is 32.9 Å². The Kier molecular flexibility index (Phi) is 5.48. The molecular weight excluding hydrogens is 350 g/mol. The number of halogens is 2. The van der Waals surface area contributed by atoms with Gasteiger partial charge in [0.2, 0.25) is 5.91 Å². The van der Waals surface area contributed by atoms with Gasteiger partial charge in [-0.1, -0.05) is 0 Å². The third-order valence-electron chi connectivity index (χ3n) is 3.39. The van der Waals surface area contributed by atoms with Crippen molar-refractivity contribution in [1.29, 1.82) is 0 Å². The highest BCUT2D eigenvalue weighted by Crippen LogP contribution is 2.27. The molecule has 0 aromatic heterocycles. The Morgan fingerprint density at radius 1 is 1.31 bits per heavy atom. The summed E-state index contributed by atoms with van der Waals surface area (Å²) in [6, 6.07) is 1.73. The van der Waals surface area contributed by atoms with Crippen LogP contribution in [0.1, 0.15) is 38.1 Å². The van der Waals surface area contributed by atoms with Gasteiger partial charge in [-0.2, -0.15) is 0 Å². The lowest BCUT2D eigenvalue weighted by molar-refractivity contribution is -0.119. The first-order chi connectivity index (χ1) is 12.0. The number of carbonyl (C=O) groups is 3. The summed E-state index contributed by atoms with van der Waals surface area (Å²) in [6.45, 7) is 6.12. The summed E-state index contributed by atoms with van der Waals surface area (Å²) in [5.74, 6) is -3.72. The summed E-state index contributed by atoms with van der Waals surface area (Å²) in [4.78, 5) is 35.8. The normalized spacial score (nSPS) is 17.1. The Bertz CT molecular complexity index is 722. The van der Waals surface area contributed by atoms with E-state index < -0.39 is 41.0 Å². The lowest BCUT2D eigenvalue weighted by atomic mass is 10.1. The maximum atomic E-state index is 14.3. The highest BCUT2D eigenvalue weighted by atomic mass is 19.1. The maximum Gasteiger partial charge on any atom is 0.414 e. The molecule has 1 aromatic rings. The minimum Gasteiger partial charge on any atom is -0.456 e. The van der Waals surface area contributed by atoms with Crippen LogP contribution in [0.4, 0.5) is 19.3 Å². The topological polar surface area (TPSA) is 84.9 Å². The molecule has 2 rings (SSSR count). The predicted octanol–water partition coefficient (Wildman–Crippen LogP) is 2.38. The van der Waals surface area contributed by atoms with Crippen LogP contribution >= 0.6 is 0 Å². The lowest BCUT2D eigenvalue weighted by Gasteiger charge is -2.20. The smallest absolute Gasteiger partial charge is 0.414 e. The van der Waals surface area contributed by atoms with Crippen molar-refractivity contribution in [3.05, 3.63) is 29.3 Å². The number of nitrogens with zero attached hydrogens (tertiary/aromatic N) is 1. The molecule has 142 valence electrons. The molecule has 7 nitrogen and oxygen atoms in total. The predicted molar refractivity (Wildman–Crippen MR) is 87.8 cm³/mol. The average Bonchev–Trinajstić information content (AvgIpc) is 2.83. The van der Waals surface area contributed by atoms with Crippen molar-refractivity contribution < 1.29 is 32.6 Å². The van der Waals surface area contributed by atoms with Crippen LogP contribution in [-0.2, 0) is 14.3 Å². The number of esters is 1. The first-order valence-corrected chi connectivity index (χ1v) is 7.93. The minimum atomic E-state index is -1.15. The zero-order valence-electron chi connectivity index (χ0n) is 14.9. The number of cyclic esters (lactones) is 1. The van der Waals surface area contributed by atoms with Gasteiger partial charge >= 0.3 is 12.1 Å². The van der Waals surface area contributed by atoms with Gasteiger partial charge in [-0.15, -0.1) is 0 Å². The van der Waals surface area contributed by atoms with E-state index in [0.717, 1.165) is 17.0 Å². The van der Waals surface area contributed by atoms with Crippen LogP contribution in [0.2, 0.25) is 0 Å². The Balaban J connectivity index is 2.20. The molecule has 0 spiro atoms. The van der Waals surface area contributed by atoms with E-state index >= 15 is 0 Å². The summed E-state index contributed by atoms with van der Waals surface area (Å²) < 4.78 is 38.6. The van der Waals surface area contributed by atoms with Crippen LogP contribution in [0, 0.1) is 11.6 Å². The number of hydrogen-bond donors (Lipinski definition) is 1. The average molecular weight is 370 g/mol. The molecule has 0 aliphatic carbocycles. The van der Waals surface area contributed by atoms with Crippen LogP contribution in [-0.4, -0.2) is 42.8 Å². The van der Waals surface area contributed by atoms with Gasteiger partial charge < -0.3 is 14.8 Å². The molecule has 2 amide bonds. The van der Waals surface area contributed by atoms with Crippen LogP contribution < -0.4 is 10.2 Å². The summed E-state index contributed by atoms with van der Waals surface area (Å²) in [5, 5.41) is 2.50. The first-order valence-electron chi connectivity index (χ1n) is 7.93. The maximum absolute atomic E-state index is 14.3. The SMILES string of the molecule is CC(=O)NC[C@H]1CN(c2cc(F)c(C(=O)OC(C)(C)C)c(F)c2)C(=O)O1. The van der Waals surface area contributed by atoms with Crippen molar-refractivity contribution in [1.82, 2.24) is 5.32 Å². The van der Waals surface area contributed by atoms with Crippen molar-refractivity contribution in [3.8, 4) is 0 Å². The van der Waals surface area contributed by atoms with Crippen molar-refractivity contribution >= 4 is 23.7 Å². The number of carbonyl (C=O) groups excluding carboxylic acids is 3. The highest BCUT2D eigenvalue weighted by Gasteiger charge is 2.34. The summed E-state index contributed by atoms with van der Waals surface area (Å²) in [5.41, 5.74) is -1.83. The molecule has 9 heteroatoms. The monoisotopic (exact) mass is 370 g/mol. The van der Waals surface area contributed by atoms with Crippen LogP contribution in [0.25, 0.3) is 0 Å². The van der Waals surface area contributed by atoms with E-state index in [2.05, 4.69) is 5.32 Å². The Morgan fingerprint density at radius 2 is 1.88 bits per heavy atom. The largest absolute Gasteiger partial charge is 0.456 e. The third kappa shape index (κ3) is 4.68. The van der Waals surface area contributed by atoms with Crippen molar-refractivity contribution in [2.24, 2.45) is 0 Å². The van der Waals surface area contributed by atoms with Gasteiger partial charge in [-0.3, -0.25) is 9.69 Å². The standard InChI is InChI=1S/C17H20F2N2O5/c1-9(22)20-7-11-8-21(16(24)25-11)10-5-12(18)14(13(19)6-10)15(23)26-17(2,3)4/h5-6,11H,7-8H2,1-4H3,(H,20,22)/t11-/m0/s1. The zero-order valence-corrected chi connectivity index (χ0v) is 14.9. The number of rotatable bonds is 4. The Labute approximate surface area is 149 Å². The number of hydrogen-bond acceptors (Lipinski definition) is 5. The summed E-state index contributed by atoms with van der Waals surface area (Å²) >= 11 is 0. The fourth-order valence-corrected chi connectivity index (χ4v) is 2.34. The van der Waals surface area contributed by atoms with Gasteiger partial charge in [0.25, 0.3) is 0 Å². The molecule has 1 atom stereocenters. The van der Waals surface area contributed by atoms with Crippen molar-refractivity contribution in [3.63, 3.8) is 0 Å². The highest BCUT2D eigenvalue weighted by molar-refractivity contribution is 5.93. The number of benzene rings is 1. The molecule has 1 fully saturated rings. The number of amides is 2. The van der Waals surface area contributed by atoms with Crippen LogP contribution in [0.15, 0.2) is 12.1 Å². The fourth-order valence-electron chi connectivity index (χ4n) is 2.34. The van der Waals surface area contributed by atoms with Gasteiger partial charge in [0.15, 0.2) is 0 Å². The molecule has 1 N–H and O–H groups in total. The second kappa shape index (κ2) is 7.27. The van der Waals surface area contributed by atoms with Gasteiger partial charge in [-0.25, -0.2) is 18.4 Å². The molecule has 0 saturated carbocycles. The molecule has 0 bridgehead atoms. The molecule has 1 aromatic carbocycles. The summed E-state index contributed by atoms with van der Waals surface area (Å²) in [7, 11) is 0. The van der Waals surface area contributed by atoms with E-state index in [-0.39, 0.29) is 24.7 Å². The second-order valence-corrected chi connectivity index (χ2v) is 6.84. The zero-order chi connectivity index (χ0) is 19.6. The van der Waals surface area contributed by atoms with E-state index in [1.54, 1.807) is 20.8 Å². The van der Waals surface area contributed by atoms with Crippen LogP contribution in [0.5, 0.6) is 0 Å². The number of nitrogens with one attached hydrogen (secondary N) is 1. The molecule has 1 aliphatic heterocycles. The van der Waals surface area contributed by atoms with Gasteiger partial charge in [0.05, 0.1) is 18.8 Å². The van der Waals surface area contributed by atoms with Gasteiger partial charge in [0.1, 0.15) is 28.9 Å². The number of ether oxygens (including phenoxy) is 2. The molecule has 0 radical (unpaired) electrons. The second-order valence-electron chi connectivity index (χ2n) is 6.84. The quantitative estimate of drug-likeness (QED) is 0.823. The molecule has 1 saturated heterocycles. The minimum absolute atomic E-state index is 0.00375. The van der Waals surface area contributed by atoms with Crippen molar-refractivity contribution in [2.45, 2.75) is 39.4 Å². The summed E-state index contributed by atoms with van der Waals surface area (Å²) in [6.07, 6.45) is -1.45. The van der Waals surface area contributed by atoms with E-state index in [4.69, 9.17) is 9.47 Å². The van der Waals surface area contributed by atoms with E-state index in [1.165, 1.54) is 6.92 Å². The molecule has 26 heavy (non-hydrogen) atoms. The van der Waals surface area contributed by atoms with Gasteiger partial charge in [0, 0.05) is 6.92 Å². The molecule has 0 unspecified atom stereocenters. The van der Waals surface area contributed by atoms with Crippen LogP contribution in [0.3, 0.4) is 0 Å². The Hall–Kier alpha value is -2.71. The third-order valence-corrected chi connectivity index (χ3v) is 3.39. The number of anilines is 1. The fraction of sp³-hybridized carbons (Fsp3) is 0.471. The van der Waals surface area contributed by atoms with E-state index in [1.807, 2.05) is 0 Å². The lowest BCUT2D eigenvalue weighted by Crippen LogP contribution is -2.33. The van der Waals surface area contributed by atoms with Crippen molar-refractivity contribution in [2.75, 3.05) is 18.0 Å². The molecular formula is C17H20F2N2O5. The van der Waals surface area contributed by atoms with E-state index in [9.17, 15) is 23.2 Å². The molecule has 1 heterocycles. The van der Waals surface area contributed by atoms with E-state index in [0.29, 0.717) is 0 Å².